The molecule has 0 radical (unpaired) electrons. The quantitative estimate of drug-likeness (QED) is 0.876. The lowest BCUT2D eigenvalue weighted by Gasteiger charge is -2.14. The van der Waals surface area contributed by atoms with Crippen molar-refractivity contribution < 1.29 is 4.42 Å². The van der Waals surface area contributed by atoms with E-state index in [9.17, 15) is 0 Å². The molecule has 0 aromatic carbocycles. The maximum Gasteiger partial charge on any atom is 0.103 e. The molecule has 0 spiro atoms. The minimum Gasteiger partial charge on any atom is -0.469 e. The van der Waals surface area contributed by atoms with E-state index < -0.39 is 0 Å². The fourth-order valence-corrected chi connectivity index (χ4v) is 3.41. The van der Waals surface area contributed by atoms with Crippen molar-refractivity contribution in [3.63, 3.8) is 0 Å². The zero-order valence-electron chi connectivity index (χ0n) is 9.78. The Morgan fingerprint density at radius 3 is 2.94 bits per heavy atom. The van der Waals surface area contributed by atoms with Crippen molar-refractivity contribution in [1.29, 1.82) is 0 Å². The largest absolute Gasteiger partial charge is 0.469 e. The second-order valence-corrected chi connectivity index (χ2v) is 5.85. The number of thiophene rings is 1. The second-order valence-electron chi connectivity index (χ2n) is 4.00. The van der Waals surface area contributed by atoms with E-state index in [1.165, 1.54) is 9.35 Å². The van der Waals surface area contributed by atoms with E-state index in [1.807, 2.05) is 19.2 Å². The van der Waals surface area contributed by atoms with Crippen LogP contribution < -0.4 is 5.32 Å². The molecular formula is C13H16BrNOS. The zero-order chi connectivity index (χ0) is 12.1. The predicted octanol–water partition coefficient (Wildman–Crippen LogP) is 3.87. The highest BCUT2D eigenvalue weighted by Crippen LogP contribution is 2.24. The molecule has 1 atom stereocenters. The van der Waals surface area contributed by atoms with Crippen LogP contribution in [0.5, 0.6) is 0 Å². The van der Waals surface area contributed by atoms with E-state index >= 15 is 0 Å². The second kappa shape index (κ2) is 6.38. The first kappa shape index (κ1) is 12.9. The van der Waals surface area contributed by atoms with Crippen molar-refractivity contribution in [2.24, 2.45) is 0 Å². The average Bonchev–Trinajstić information content (AvgIpc) is 2.96. The Bertz CT molecular complexity index is 438. The van der Waals surface area contributed by atoms with Crippen LogP contribution in [0.15, 0.2) is 38.7 Å². The zero-order valence-corrected chi connectivity index (χ0v) is 12.2. The van der Waals surface area contributed by atoms with Gasteiger partial charge in [-0.05, 0) is 59.4 Å². The summed E-state index contributed by atoms with van der Waals surface area (Å²) in [5, 5.41) is 5.50. The molecular weight excluding hydrogens is 298 g/mol. The van der Waals surface area contributed by atoms with E-state index in [1.54, 1.807) is 17.6 Å². The highest BCUT2D eigenvalue weighted by Gasteiger charge is 2.11. The molecule has 0 saturated heterocycles. The molecule has 4 heteroatoms. The standard InChI is InChI=1S/C13H16BrNOS/c1-15-10(4-5-11-3-2-7-16-11)9-13-12(14)6-8-17-13/h2-3,6-8,10,15H,4-5,9H2,1H3. The first-order valence-electron chi connectivity index (χ1n) is 5.71. The van der Waals surface area contributed by atoms with Crippen molar-refractivity contribution in [3.05, 3.63) is 45.0 Å². The Labute approximate surface area is 114 Å². The third-order valence-electron chi connectivity index (χ3n) is 2.85. The third kappa shape index (κ3) is 3.69. The molecule has 1 N–H and O–H groups in total. The summed E-state index contributed by atoms with van der Waals surface area (Å²) in [5.74, 6) is 1.07. The molecule has 1 unspecified atom stereocenters. The molecule has 0 aliphatic heterocycles. The van der Waals surface area contributed by atoms with Crippen LogP contribution >= 0.6 is 27.3 Å². The van der Waals surface area contributed by atoms with Crippen LogP contribution in [-0.2, 0) is 12.8 Å². The maximum atomic E-state index is 5.35. The van der Waals surface area contributed by atoms with Crippen LogP contribution in [0.4, 0.5) is 0 Å². The first-order valence-corrected chi connectivity index (χ1v) is 7.38. The molecule has 0 fully saturated rings. The van der Waals surface area contributed by atoms with Gasteiger partial charge in [-0.2, -0.15) is 0 Å². The summed E-state index contributed by atoms with van der Waals surface area (Å²) in [6, 6.07) is 6.59. The topological polar surface area (TPSA) is 25.2 Å². The number of likely N-dealkylation sites (N-methyl/N-ethyl adjacent to an activating group) is 1. The van der Waals surface area contributed by atoms with Gasteiger partial charge in [-0.25, -0.2) is 0 Å². The van der Waals surface area contributed by atoms with Crippen molar-refractivity contribution >= 4 is 27.3 Å². The van der Waals surface area contributed by atoms with Crippen LogP contribution in [0.25, 0.3) is 0 Å². The summed E-state index contributed by atoms with van der Waals surface area (Å²) in [4.78, 5) is 1.41. The summed E-state index contributed by atoms with van der Waals surface area (Å²) in [6.45, 7) is 0. The Kier molecular flexibility index (Phi) is 4.83. The van der Waals surface area contributed by atoms with E-state index in [0.29, 0.717) is 6.04 Å². The number of halogens is 1. The van der Waals surface area contributed by atoms with Gasteiger partial charge in [-0.3, -0.25) is 0 Å². The summed E-state index contributed by atoms with van der Waals surface area (Å²) < 4.78 is 6.58. The minimum atomic E-state index is 0.495. The summed E-state index contributed by atoms with van der Waals surface area (Å²) in [7, 11) is 2.02. The van der Waals surface area contributed by atoms with Gasteiger partial charge in [0.25, 0.3) is 0 Å². The average molecular weight is 314 g/mol. The molecule has 2 rings (SSSR count). The Balaban J connectivity index is 1.87. The molecule has 0 aliphatic carbocycles. The maximum absolute atomic E-state index is 5.35. The molecule has 2 heterocycles. The van der Waals surface area contributed by atoms with Gasteiger partial charge in [0.15, 0.2) is 0 Å². The molecule has 2 aromatic rings. The molecule has 0 aliphatic rings. The van der Waals surface area contributed by atoms with Gasteiger partial charge in [0.1, 0.15) is 5.76 Å². The van der Waals surface area contributed by atoms with Crippen molar-refractivity contribution in [2.75, 3.05) is 7.05 Å². The van der Waals surface area contributed by atoms with Gasteiger partial charge in [-0.15, -0.1) is 11.3 Å². The Morgan fingerprint density at radius 2 is 2.35 bits per heavy atom. The van der Waals surface area contributed by atoms with Crippen molar-refractivity contribution in [3.8, 4) is 0 Å². The monoisotopic (exact) mass is 313 g/mol. The molecule has 0 bridgehead atoms. The molecule has 2 aromatic heterocycles. The molecule has 92 valence electrons. The van der Waals surface area contributed by atoms with Crippen LogP contribution in [0, 0.1) is 0 Å². The smallest absolute Gasteiger partial charge is 0.103 e. The fourth-order valence-electron chi connectivity index (χ4n) is 1.81. The fraction of sp³-hybridized carbons (Fsp3) is 0.385. The first-order chi connectivity index (χ1) is 8.29. The lowest BCUT2D eigenvalue weighted by atomic mass is 10.1. The van der Waals surface area contributed by atoms with E-state index in [2.05, 4.69) is 32.7 Å². The van der Waals surface area contributed by atoms with Gasteiger partial charge in [0.05, 0.1) is 6.26 Å². The summed E-state index contributed by atoms with van der Waals surface area (Å²) in [5.41, 5.74) is 0. The highest BCUT2D eigenvalue weighted by molar-refractivity contribution is 9.10. The normalized spacial score (nSPS) is 12.8. The van der Waals surface area contributed by atoms with Crippen LogP contribution in [0.3, 0.4) is 0 Å². The predicted molar refractivity (Wildman–Crippen MR) is 75.6 cm³/mol. The van der Waals surface area contributed by atoms with Gasteiger partial charge in [0.2, 0.25) is 0 Å². The van der Waals surface area contributed by atoms with Crippen LogP contribution in [0.2, 0.25) is 0 Å². The highest BCUT2D eigenvalue weighted by atomic mass is 79.9. The summed E-state index contributed by atoms with van der Waals surface area (Å²) >= 11 is 5.38. The lowest BCUT2D eigenvalue weighted by Crippen LogP contribution is -2.27. The number of furan rings is 1. The Hall–Kier alpha value is -0.580. The third-order valence-corrected chi connectivity index (χ3v) is 4.80. The number of hydrogen-bond donors (Lipinski definition) is 1. The molecule has 0 saturated carbocycles. The van der Waals surface area contributed by atoms with E-state index in [0.717, 1.165) is 25.0 Å². The Morgan fingerprint density at radius 1 is 1.47 bits per heavy atom. The van der Waals surface area contributed by atoms with Gasteiger partial charge >= 0.3 is 0 Å². The lowest BCUT2D eigenvalue weighted by molar-refractivity contribution is 0.461. The number of hydrogen-bond acceptors (Lipinski definition) is 3. The molecule has 2 nitrogen and oxygen atoms in total. The number of aryl methyl sites for hydroxylation is 1. The summed E-state index contributed by atoms with van der Waals surface area (Å²) in [6.07, 6.45) is 4.88. The van der Waals surface area contributed by atoms with Crippen molar-refractivity contribution in [2.45, 2.75) is 25.3 Å². The molecule has 0 amide bonds. The van der Waals surface area contributed by atoms with Crippen molar-refractivity contribution in [1.82, 2.24) is 5.32 Å². The number of nitrogens with one attached hydrogen (secondary N) is 1. The number of rotatable bonds is 6. The van der Waals surface area contributed by atoms with E-state index in [-0.39, 0.29) is 0 Å². The molecule has 17 heavy (non-hydrogen) atoms. The van der Waals surface area contributed by atoms with Crippen LogP contribution in [0.1, 0.15) is 17.1 Å². The minimum absolute atomic E-state index is 0.495. The van der Waals surface area contributed by atoms with Crippen LogP contribution in [-0.4, -0.2) is 13.1 Å². The SMILES string of the molecule is CNC(CCc1ccco1)Cc1sccc1Br. The van der Waals surface area contributed by atoms with Gasteiger partial charge < -0.3 is 9.73 Å². The van der Waals surface area contributed by atoms with Gasteiger partial charge in [0, 0.05) is 21.8 Å². The van der Waals surface area contributed by atoms with Gasteiger partial charge in [-0.1, -0.05) is 0 Å². The van der Waals surface area contributed by atoms with E-state index in [4.69, 9.17) is 4.42 Å².